The van der Waals surface area contributed by atoms with E-state index in [1.165, 1.54) is 5.69 Å². The number of rotatable bonds is 4. The monoisotopic (exact) mass is 295 g/mol. The van der Waals surface area contributed by atoms with Gasteiger partial charge in [-0.3, -0.25) is 0 Å². The quantitative estimate of drug-likeness (QED) is 0.908. The van der Waals surface area contributed by atoms with Crippen molar-refractivity contribution in [3.05, 3.63) is 34.6 Å². The first-order valence-electron chi connectivity index (χ1n) is 6.25. The molecular weight excluding hydrogens is 278 g/mol. The van der Waals surface area contributed by atoms with Crippen LogP contribution in [0.5, 0.6) is 0 Å². The Balaban J connectivity index is 2.33. The van der Waals surface area contributed by atoms with Crippen LogP contribution in [0, 0.1) is 13.8 Å². The fourth-order valence-corrected chi connectivity index (χ4v) is 3.26. The number of aromatic nitrogens is 2. The summed E-state index contributed by atoms with van der Waals surface area (Å²) in [7, 11) is 1.88. The summed E-state index contributed by atoms with van der Waals surface area (Å²) in [6.45, 7) is 7.18. The summed E-state index contributed by atoms with van der Waals surface area (Å²) in [5, 5.41) is 4.82. The van der Waals surface area contributed by atoms with E-state index in [4.69, 9.17) is 11.6 Å². The molecule has 2 rings (SSSR count). The average molecular weight is 296 g/mol. The van der Waals surface area contributed by atoms with Crippen LogP contribution < -0.4 is 5.32 Å². The van der Waals surface area contributed by atoms with Crippen molar-refractivity contribution in [3.8, 4) is 0 Å². The van der Waals surface area contributed by atoms with Crippen LogP contribution in [0.25, 0.3) is 0 Å². The van der Waals surface area contributed by atoms with E-state index >= 15 is 0 Å². The molecule has 0 aliphatic heterocycles. The van der Waals surface area contributed by atoms with Crippen LogP contribution in [0.4, 0.5) is 5.69 Å². The van der Waals surface area contributed by atoms with Crippen LogP contribution in [-0.2, 0) is 6.54 Å². The van der Waals surface area contributed by atoms with Gasteiger partial charge >= 0.3 is 0 Å². The molecule has 19 heavy (non-hydrogen) atoms. The third-order valence-corrected chi connectivity index (χ3v) is 4.66. The lowest BCUT2D eigenvalue weighted by atomic mass is 10.3. The number of halogens is 1. The molecule has 1 heterocycles. The van der Waals surface area contributed by atoms with Crippen molar-refractivity contribution >= 4 is 29.1 Å². The van der Waals surface area contributed by atoms with E-state index in [-0.39, 0.29) is 0 Å². The van der Waals surface area contributed by atoms with Gasteiger partial charge in [0.1, 0.15) is 0 Å². The molecule has 102 valence electrons. The summed E-state index contributed by atoms with van der Waals surface area (Å²) in [5.41, 5.74) is 3.31. The molecule has 0 fully saturated rings. The first kappa shape index (κ1) is 14.3. The van der Waals surface area contributed by atoms with Crippen LogP contribution in [0.2, 0.25) is 5.02 Å². The minimum atomic E-state index is 0.748. The third kappa shape index (κ3) is 2.90. The van der Waals surface area contributed by atoms with Crippen molar-refractivity contribution < 1.29 is 0 Å². The Morgan fingerprint density at radius 1 is 1.37 bits per heavy atom. The van der Waals surface area contributed by atoms with E-state index < -0.39 is 0 Å². The van der Waals surface area contributed by atoms with Gasteiger partial charge in [0.05, 0.1) is 10.7 Å². The highest BCUT2D eigenvalue weighted by molar-refractivity contribution is 7.99. The molecule has 0 bridgehead atoms. The predicted molar refractivity (Wildman–Crippen MR) is 82.5 cm³/mol. The van der Waals surface area contributed by atoms with Gasteiger partial charge in [0, 0.05) is 29.9 Å². The summed E-state index contributed by atoms with van der Waals surface area (Å²) >= 11 is 7.91. The van der Waals surface area contributed by atoms with E-state index in [0.29, 0.717) is 0 Å². The van der Waals surface area contributed by atoms with Crippen LogP contribution in [-0.4, -0.2) is 16.6 Å². The van der Waals surface area contributed by atoms with Gasteiger partial charge in [-0.05, 0) is 39.0 Å². The zero-order valence-electron chi connectivity index (χ0n) is 11.6. The largest absolute Gasteiger partial charge is 0.388 e. The predicted octanol–water partition coefficient (Wildman–Crippen LogP) is 4.37. The van der Waals surface area contributed by atoms with E-state index in [0.717, 1.165) is 33.0 Å². The number of imidazole rings is 1. The highest BCUT2D eigenvalue weighted by Gasteiger charge is 2.12. The van der Waals surface area contributed by atoms with Gasteiger partial charge in [-0.2, -0.15) is 0 Å². The molecule has 0 atom stereocenters. The normalized spacial score (nSPS) is 10.8. The summed E-state index contributed by atoms with van der Waals surface area (Å²) in [6.07, 6.45) is 0. The second kappa shape index (κ2) is 5.88. The van der Waals surface area contributed by atoms with Gasteiger partial charge in [0.2, 0.25) is 0 Å². The number of anilines is 1. The Bertz CT molecular complexity index is 593. The van der Waals surface area contributed by atoms with Crippen LogP contribution in [0.15, 0.2) is 28.3 Å². The molecule has 0 aliphatic carbocycles. The summed E-state index contributed by atoms with van der Waals surface area (Å²) in [5.74, 6) is 0. The molecule has 0 saturated carbocycles. The molecular formula is C14H18ClN3S. The Hall–Kier alpha value is -1.13. The van der Waals surface area contributed by atoms with Crippen molar-refractivity contribution in [2.75, 3.05) is 12.4 Å². The molecule has 1 N–H and O–H groups in total. The zero-order valence-corrected chi connectivity index (χ0v) is 13.2. The number of aryl methyl sites for hydroxylation is 1. The number of hydrogen-bond acceptors (Lipinski definition) is 3. The summed E-state index contributed by atoms with van der Waals surface area (Å²) in [6, 6.07) is 5.98. The first-order valence-corrected chi connectivity index (χ1v) is 7.45. The van der Waals surface area contributed by atoms with E-state index in [2.05, 4.69) is 28.7 Å². The Morgan fingerprint density at radius 2 is 2.11 bits per heavy atom. The summed E-state index contributed by atoms with van der Waals surface area (Å²) < 4.78 is 2.21. The molecule has 0 saturated heterocycles. The fourth-order valence-electron chi connectivity index (χ4n) is 1.91. The minimum Gasteiger partial charge on any atom is -0.388 e. The van der Waals surface area contributed by atoms with Crippen molar-refractivity contribution in [2.24, 2.45) is 0 Å². The Labute approximate surface area is 123 Å². The topological polar surface area (TPSA) is 29.9 Å². The standard InChI is InChI=1S/C14H18ClN3S/c1-5-18-10(3)9(2)17-14(18)19-13-7-6-11(16-4)8-12(13)15/h6-8,16H,5H2,1-4H3. The maximum atomic E-state index is 6.30. The van der Waals surface area contributed by atoms with Gasteiger partial charge < -0.3 is 9.88 Å². The van der Waals surface area contributed by atoms with Crippen molar-refractivity contribution in [1.29, 1.82) is 0 Å². The molecule has 1 aromatic carbocycles. The van der Waals surface area contributed by atoms with Crippen molar-refractivity contribution in [3.63, 3.8) is 0 Å². The molecule has 3 nitrogen and oxygen atoms in total. The van der Waals surface area contributed by atoms with E-state index in [1.54, 1.807) is 11.8 Å². The van der Waals surface area contributed by atoms with Gasteiger partial charge in [0.25, 0.3) is 0 Å². The Morgan fingerprint density at radius 3 is 2.68 bits per heavy atom. The lowest BCUT2D eigenvalue weighted by Crippen LogP contribution is -1.98. The molecule has 5 heteroatoms. The molecule has 1 aromatic heterocycles. The van der Waals surface area contributed by atoms with Gasteiger partial charge in [-0.15, -0.1) is 0 Å². The smallest absolute Gasteiger partial charge is 0.173 e. The van der Waals surface area contributed by atoms with Crippen LogP contribution >= 0.6 is 23.4 Å². The molecule has 0 aliphatic rings. The number of nitrogens with one attached hydrogen (secondary N) is 1. The lowest BCUT2D eigenvalue weighted by molar-refractivity contribution is 0.662. The molecule has 2 aromatic rings. The maximum absolute atomic E-state index is 6.30. The van der Waals surface area contributed by atoms with Gasteiger partial charge in [0.15, 0.2) is 5.16 Å². The fraction of sp³-hybridized carbons (Fsp3) is 0.357. The highest BCUT2D eigenvalue weighted by atomic mass is 35.5. The summed E-state index contributed by atoms with van der Waals surface area (Å²) in [4.78, 5) is 5.64. The van der Waals surface area contributed by atoms with Gasteiger partial charge in [-0.1, -0.05) is 23.4 Å². The van der Waals surface area contributed by atoms with Crippen LogP contribution in [0.3, 0.4) is 0 Å². The van der Waals surface area contributed by atoms with E-state index in [9.17, 15) is 0 Å². The molecule has 0 amide bonds. The lowest BCUT2D eigenvalue weighted by Gasteiger charge is -2.08. The second-order valence-electron chi connectivity index (χ2n) is 4.31. The highest BCUT2D eigenvalue weighted by Crippen LogP contribution is 2.35. The minimum absolute atomic E-state index is 0.748. The van der Waals surface area contributed by atoms with E-state index in [1.807, 2.05) is 32.2 Å². The second-order valence-corrected chi connectivity index (χ2v) is 5.72. The number of benzene rings is 1. The molecule has 0 unspecified atom stereocenters. The number of hydrogen-bond donors (Lipinski definition) is 1. The van der Waals surface area contributed by atoms with Gasteiger partial charge in [-0.25, -0.2) is 4.98 Å². The molecule has 0 radical (unpaired) electrons. The number of nitrogens with zero attached hydrogens (tertiary/aromatic N) is 2. The maximum Gasteiger partial charge on any atom is 0.173 e. The third-order valence-electron chi connectivity index (χ3n) is 3.16. The SMILES string of the molecule is CCn1c(Sc2ccc(NC)cc2Cl)nc(C)c1C. The first-order chi connectivity index (χ1) is 9.06. The van der Waals surface area contributed by atoms with Crippen molar-refractivity contribution in [1.82, 2.24) is 9.55 Å². The molecule has 0 spiro atoms. The van der Waals surface area contributed by atoms with Crippen molar-refractivity contribution in [2.45, 2.75) is 37.4 Å². The Kier molecular flexibility index (Phi) is 4.42. The average Bonchev–Trinajstić information content (AvgIpc) is 2.67. The zero-order chi connectivity index (χ0) is 14.0. The van der Waals surface area contributed by atoms with Crippen LogP contribution in [0.1, 0.15) is 18.3 Å².